The topological polar surface area (TPSA) is 3.24 Å². The normalized spacial score (nSPS) is 10.1. The van der Waals surface area contributed by atoms with Crippen LogP contribution in [0.15, 0.2) is 24.3 Å². The minimum absolute atomic E-state index is 1.21. The van der Waals surface area contributed by atoms with E-state index in [9.17, 15) is 0 Å². The summed E-state index contributed by atoms with van der Waals surface area (Å²) in [6.45, 7) is 0. The molecule has 0 aliphatic carbocycles. The molecule has 0 radical (unpaired) electrons. The van der Waals surface area contributed by atoms with Gasteiger partial charge in [0.05, 0.1) is 0 Å². The van der Waals surface area contributed by atoms with E-state index in [2.05, 4.69) is 65.9 Å². The van der Waals surface area contributed by atoms with Gasteiger partial charge in [0.25, 0.3) is 0 Å². The van der Waals surface area contributed by atoms with Crippen molar-refractivity contribution in [2.45, 2.75) is 12.8 Å². The smallest absolute Gasteiger partial charge is 0.0361 e. The first kappa shape index (κ1) is 10.8. The molecular formula is C11H16IN. The highest BCUT2D eigenvalue weighted by molar-refractivity contribution is 14.1. The fourth-order valence-electron chi connectivity index (χ4n) is 1.23. The summed E-state index contributed by atoms with van der Waals surface area (Å²) >= 11 is 2.42. The van der Waals surface area contributed by atoms with Crippen molar-refractivity contribution in [3.63, 3.8) is 0 Å². The van der Waals surface area contributed by atoms with Crippen LogP contribution in [-0.2, 0) is 6.42 Å². The summed E-state index contributed by atoms with van der Waals surface area (Å²) in [5, 5.41) is 0. The predicted molar refractivity (Wildman–Crippen MR) is 68.0 cm³/mol. The third kappa shape index (κ3) is 3.55. The lowest BCUT2D eigenvalue weighted by Gasteiger charge is -2.12. The Hall–Kier alpha value is -0.250. The number of hydrogen-bond donors (Lipinski definition) is 0. The van der Waals surface area contributed by atoms with E-state index in [-0.39, 0.29) is 0 Å². The molecule has 0 saturated carbocycles. The Kier molecular flexibility index (Phi) is 4.56. The van der Waals surface area contributed by atoms with Crippen molar-refractivity contribution in [2.75, 3.05) is 23.4 Å². The number of aryl methyl sites for hydroxylation is 1. The number of hydrogen-bond acceptors (Lipinski definition) is 1. The van der Waals surface area contributed by atoms with E-state index >= 15 is 0 Å². The first-order valence-electron chi connectivity index (χ1n) is 4.56. The second-order valence-electron chi connectivity index (χ2n) is 3.35. The summed E-state index contributed by atoms with van der Waals surface area (Å²) < 4.78 is 1.24. The zero-order valence-corrected chi connectivity index (χ0v) is 10.4. The van der Waals surface area contributed by atoms with Gasteiger partial charge in [0.1, 0.15) is 0 Å². The van der Waals surface area contributed by atoms with E-state index in [1.54, 1.807) is 0 Å². The van der Waals surface area contributed by atoms with Crippen LogP contribution >= 0.6 is 22.6 Å². The van der Waals surface area contributed by atoms with Gasteiger partial charge in [-0.2, -0.15) is 0 Å². The first-order valence-corrected chi connectivity index (χ1v) is 6.09. The number of halogens is 1. The highest BCUT2D eigenvalue weighted by atomic mass is 127. The van der Waals surface area contributed by atoms with Crippen LogP contribution in [-0.4, -0.2) is 18.5 Å². The molecule has 0 heterocycles. The summed E-state index contributed by atoms with van der Waals surface area (Å²) in [7, 11) is 4.14. The van der Waals surface area contributed by atoms with E-state index in [0.29, 0.717) is 0 Å². The van der Waals surface area contributed by atoms with Gasteiger partial charge >= 0.3 is 0 Å². The van der Waals surface area contributed by atoms with Gasteiger partial charge in [-0.1, -0.05) is 34.7 Å². The van der Waals surface area contributed by atoms with Crippen molar-refractivity contribution >= 4 is 28.3 Å². The van der Waals surface area contributed by atoms with Crippen LogP contribution in [0.5, 0.6) is 0 Å². The van der Waals surface area contributed by atoms with Crippen LogP contribution in [0, 0.1) is 0 Å². The van der Waals surface area contributed by atoms with Gasteiger partial charge in [-0.25, -0.2) is 0 Å². The van der Waals surface area contributed by atoms with Crippen molar-refractivity contribution in [2.24, 2.45) is 0 Å². The van der Waals surface area contributed by atoms with Crippen LogP contribution in [0.2, 0.25) is 0 Å². The number of nitrogens with zero attached hydrogens (tertiary/aromatic N) is 1. The van der Waals surface area contributed by atoms with E-state index in [0.717, 1.165) is 0 Å². The quantitative estimate of drug-likeness (QED) is 0.608. The fourth-order valence-corrected chi connectivity index (χ4v) is 1.61. The first-order chi connectivity index (χ1) is 6.24. The van der Waals surface area contributed by atoms with Gasteiger partial charge in [0, 0.05) is 19.8 Å². The molecule has 0 unspecified atom stereocenters. The molecule has 0 aromatic heterocycles. The molecule has 0 aliphatic heterocycles. The van der Waals surface area contributed by atoms with Gasteiger partial charge < -0.3 is 4.90 Å². The maximum absolute atomic E-state index is 2.42. The van der Waals surface area contributed by atoms with Crippen molar-refractivity contribution < 1.29 is 0 Å². The molecule has 0 fully saturated rings. The molecule has 2 heteroatoms. The average molecular weight is 289 g/mol. The third-order valence-corrected chi connectivity index (χ3v) is 2.81. The maximum Gasteiger partial charge on any atom is 0.0361 e. The van der Waals surface area contributed by atoms with Crippen LogP contribution < -0.4 is 4.90 Å². The largest absolute Gasteiger partial charge is 0.378 e. The second kappa shape index (κ2) is 5.47. The van der Waals surface area contributed by atoms with Crippen molar-refractivity contribution in [3.05, 3.63) is 29.8 Å². The lowest BCUT2D eigenvalue weighted by molar-refractivity contribution is 0.945. The Morgan fingerprint density at radius 2 is 1.77 bits per heavy atom. The van der Waals surface area contributed by atoms with Gasteiger partial charge in [0.15, 0.2) is 0 Å². The minimum Gasteiger partial charge on any atom is -0.378 e. The highest BCUT2D eigenvalue weighted by Crippen LogP contribution is 2.13. The Bertz CT molecular complexity index is 241. The zero-order chi connectivity index (χ0) is 9.68. The Morgan fingerprint density at radius 1 is 1.15 bits per heavy atom. The molecule has 1 nitrogen and oxygen atoms in total. The molecule has 0 aliphatic rings. The molecule has 13 heavy (non-hydrogen) atoms. The number of rotatable bonds is 4. The summed E-state index contributed by atoms with van der Waals surface area (Å²) in [5.74, 6) is 0. The molecule has 0 bridgehead atoms. The Balaban J connectivity index is 2.59. The zero-order valence-electron chi connectivity index (χ0n) is 8.26. The SMILES string of the molecule is CN(C)c1ccc(CCCI)cc1. The van der Waals surface area contributed by atoms with Crippen LogP contribution in [0.4, 0.5) is 5.69 Å². The lowest BCUT2D eigenvalue weighted by Crippen LogP contribution is -2.08. The molecule has 0 N–H and O–H groups in total. The molecule has 72 valence electrons. The van der Waals surface area contributed by atoms with Crippen molar-refractivity contribution in [1.82, 2.24) is 0 Å². The van der Waals surface area contributed by atoms with E-state index in [4.69, 9.17) is 0 Å². The van der Waals surface area contributed by atoms with Crippen molar-refractivity contribution in [3.8, 4) is 0 Å². The number of alkyl halides is 1. The standard InChI is InChI=1S/C11H16IN/c1-13(2)11-7-5-10(6-8-11)4-3-9-12/h5-8H,3-4,9H2,1-2H3. The minimum atomic E-state index is 1.21. The highest BCUT2D eigenvalue weighted by Gasteiger charge is 1.95. The fraction of sp³-hybridized carbons (Fsp3) is 0.455. The van der Waals surface area contributed by atoms with E-state index < -0.39 is 0 Å². The molecule has 0 amide bonds. The predicted octanol–water partition coefficient (Wildman–Crippen LogP) is 3.12. The summed E-state index contributed by atoms with van der Waals surface area (Å²) in [4.78, 5) is 2.13. The Morgan fingerprint density at radius 3 is 2.23 bits per heavy atom. The van der Waals surface area contributed by atoms with Crippen LogP contribution in [0.1, 0.15) is 12.0 Å². The maximum atomic E-state index is 2.42. The molecule has 0 spiro atoms. The van der Waals surface area contributed by atoms with E-state index in [1.807, 2.05) is 0 Å². The molecular weight excluding hydrogens is 273 g/mol. The summed E-state index contributed by atoms with van der Waals surface area (Å²) in [6, 6.07) is 8.81. The summed E-state index contributed by atoms with van der Waals surface area (Å²) in [5.41, 5.74) is 2.72. The average Bonchev–Trinajstić information content (AvgIpc) is 2.15. The monoisotopic (exact) mass is 289 g/mol. The molecule has 1 aromatic carbocycles. The van der Waals surface area contributed by atoms with Gasteiger partial charge in [0.2, 0.25) is 0 Å². The Labute approximate surface area is 94.3 Å². The molecule has 0 saturated heterocycles. The number of benzene rings is 1. The van der Waals surface area contributed by atoms with Crippen molar-refractivity contribution in [1.29, 1.82) is 0 Å². The van der Waals surface area contributed by atoms with Crippen LogP contribution in [0.25, 0.3) is 0 Å². The second-order valence-corrected chi connectivity index (χ2v) is 4.43. The molecule has 1 rings (SSSR count). The van der Waals surface area contributed by atoms with Crippen LogP contribution in [0.3, 0.4) is 0 Å². The molecule has 0 atom stereocenters. The third-order valence-electron chi connectivity index (χ3n) is 2.05. The summed E-state index contributed by atoms with van der Waals surface area (Å²) in [6.07, 6.45) is 2.48. The van der Waals surface area contributed by atoms with Gasteiger partial charge in [-0.3, -0.25) is 0 Å². The van der Waals surface area contributed by atoms with Gasteiger partial charge in [-0.05, 0) is 35.0 Å². The van der Waals surface area contributed by atoms with E-state index in [1.165, 1.54) is 28.5 Å². The van der Waals surface area contributed by atoms with Gasteiger partial charge in [-0.15, -0.1) is 0 Å². The number of anilines is 1. The lowest BCUT2D eigenvalue weighted by atomic mass is 10.1. The molecule has 1 aromatic rings.